The summed E-state index contributed by atoms with van der Waals surface area (Å²) in [5, 5.41) is 0. The zero-order valence-electron chi connectivity index (χ0n) is 10.7. The molecular weight excluding hydrogens is 210 g/mol. The average molecular weight is 229 g/mol. The molecule has 0 saturated carbocycles. The van der Waals surface area contributed by atoms with E-state index in [1.165, 1.54) is 5.56 Å². The highest BCUT2D eigenvalue weighted by Crippen LogP contribution is 2.18. The second-order valence-corrected chi connectivity index (χ2v) is 3.27. The van der Waals surface area contributed by atoms with Crippen LogP contribution in [0.3, 0.4) is 0 Å². The minimum atomic E-state index is 0.637. The minimum Gasteiger partial charge on any atom is -0.439 e. The number of nitrogens with zero attached hydrogens (tertiary/aromatic N) is 1. The van der Waals surface area contributed by atoms with Crippen LogP contribution in [0.15, 0.2) is 48.7 Å². The van der Waals surface area contributed by atoms with Gasteiger partial charge in [0.1, 0.15) is 5.75 Å². The van der Waals surface area contributed by atoms with Gasteiger partial charge in [0, 0.05) is 12.3 Å². The van der Waals surface area contributed by atoms with Crippen LogP contribution >= 0.6 is 0 Å². The monoisotopic (exact) mass is 229 g/mol. The molecule has 90 valence electrons. The van der Waals surface area contributed by atoms with Crippen LogP contribution in [0.5, 0.6) is 11.6 Å². The summed E-state index contributed by atoms with van der Waals surface area (Å²) in [6.45, 7) is 6.11. The second kappa shape index (κ2) is 7.44. The molecule has 0 fully saturated rings. The fraction of sp³-hybridized carbons (Fsp3) is 0.267. The maximum absolute atomic E-state index is 5.57. The molecule has 0 amide bonds. The molecule has 2 aromatic rings. The van der Waals surface area contributed by atoms with E-state index in [2.05, 4.69) is 11.9 Å². The lowest BCUT2D eigenvalue weighted by atomic mass is 10.2. The van der Waals surface area contributed by atoms with Gasteiger partial charge in [-0.25, -0.2) is 4.98 Å². The highest BCUT2D eigenvalue weighted by molar-refractivity contribution is 5.27. The van der Waals surface area contributed by atoms with Crippen molar-refractivity contribution in [2.45, 2.75) is 27.2 Å². The van der Waals surface area contributed by atoms with Gasteiger partial charge in [-0.15, -0.1) is 0 Å². The van der Waals surface area contributed by atoms with Gasteiger partial charge in [-0.05, 0) is 24.1 Å². The fourth-order valence-electron chi connectivity index (χ4n) is 1.29. The molecule has 0 aliphatic carbocycles. The first-order valence-corrected chi connectivity index (χ1v) is 6.06. The highest BCUT2D eigenvalue weighted by atomic mass is 16.5. The third-order valence-corrected chi connectivity index (χ3v) is 2.17. The van der Waals surface area contributed by atoms with E-state index in [1.54, 1.807) is 0 Å². The lowest BCUT2D eigenvalue weighted by molar-refractivity contribution is 0.462. The molecule has 0 atom stereocenters. The quantitative estimate of drug-likeness (QED) is 0.775. The van der Waals surface area contributed by atoms with Crippen molar-refractivity contribution >= 4 is 0 Å². The number of ether oxygens (including phenoxy) is 1. The van der Waals surface area contributed by atoms with Crippen molar-refractivity contribution in [3.05, 3.63) is 54.2 Å². The molecule has 0 saturated heterocycles. The Morgan fingerprint density at radius 1 is 1.00 bits per heavy atom. The predicted octanol–water partition coefficient (Wildman–Crippen LogP) is 4.46. The Hall–Kier alpha value is -1.83. The lowest BCUT2D eigenvalue weighted by Crippen LogP contribution is -1.88. The summed E-state index contributed by atoms with van der Waals surface area (Å²) in [4.78, 5) is 4.22. The summed E-state index contributed by atoms with van der Waals surface area (Å²) >= 11 is 0. The van der Waals surface area contributed by atoms with Gasteiger partial charge < -0.3 is 4.74 Å². The van der Waals surface area contributed by atoms with E-state index in [4.69, 9.17) is 4.74 Å². The van der Waals surface area contributed by atoms with Crippen molar-refractivity contribution in [1.82, 2.24) is 4.98 Å². The molecule has 1 aromatic carbocycles. The maximum Gasteiger partial charge on any atom is 0.219 e. The van der Waals surface area contributed by atoms with E-state index >= 15 is 0 Å². The smallest absolute Gasteiger partial charge is 0.219 e. The summed E-state index contributed by atoms with van der Waals surface area (Å²) in [5.41, 5.74) is 1.22. The van der Waals surface area contributed by atoms with Gasteiger partial charge in [0.05, 0.1) is 0 Å². The van der Waals surface area contributed by atoms with Gasteiger partial charge in [0.25, 0.3) is 0 Å². The molecule has 2 heteroatoms. The number of hydrogen-bond donors (Lipinski definition) is 0. The minimum absolute atomic E-state index is 0.637. The average Bonchev–Trinajstić information content (AvgIpc) is 2.43. The number of aryl methyl sites for hydroxylation is 1. The SMILES string of the molecule is CC.CCc1ccc(Oc2ccccc2)nc1. The largest absolute Gasteiger partial charge is 0.439 e. The first-order valence-electron chi connectivity index (χ1n) is 6.06. The van der Waals surface area contributed by atoms with Gasteiger partial charge in [-0.2, -0.15) is 0 Å². The molecule has 0 N–H and O–H groups in total. The first-order chi connectivity index (χ1) is 8.38. The molecule has 0 spiro atoms. The van der Waals surface area contributed by atoms with Crippen molar-refractivity contribution in [3.63, 3.8) is 0 Å². The Kier molecular flexibility index (Phi) is 5.80. The summed E-state index contributed by atoms with van der Waals surface area (Å²) in [6, 6.07) is 13.6. The molecule has 0 unspecified atom stereocenters. The van der Waals surface area contributed by atoms with Crippen molar-refractivity contribution in [2.24, 2.45) is 0 Å². The van der Waals surface area contributed by atoms with Crippen molar-refractivity contribution in [3.8, 4) is 11.6 Å². The summed E-state index contributed by atoms with van der Waals surface area (Å²) in [5.74, 6) is 1.45. The van der Waals surface area contributed by atoms with E-state index in [1.807, 2.05) is 62.5 Å². The van der Waals surface area contributed by atoms with Crippen LogP contribution in [0.25, 0.3) is 0 Å². The van der Waals surface area contributed by atoms with E-state index in [-0.39, 0.29) is 0 Å². The van der Waals surface area contributed by atoms with Gasteiger partial charge in [-0.1, -0.05) is 45.0 Å². The topological polar surface area (TPSA) is 22.1 Å². The number of benzene rings is 1. The van der Waals surface area contributed by atoms with Crippen molar-refractivity contribution < 1.29 is 4.74 Å². The Morgan fingerprint density at radius 3 is 2.24 bits per heavy atom. The van der Waals surface area contributed by atoms with Gasteiger partial charge >= 0.3 is 0 Å². The van der Waals surface area contributed by atoms with Crippen LogP contribution in [-0.2, 0) is 6.42 Å². The molecule has 0 bridgehead atoms. The molecular formula is C15H19NO. The van der Waals surface area contributed by atoms with Gasteiger partial charge in [0.15, 0.2) is 0 Å². The van der Waals surface area contributed by atoms with Crippen molar-refractivity contribution in [1.29, 1.82) is 0 Å². The van der Waals surface area contributed by atoms with Crippen LogP contribution in [0.2, 0.25) is 0 Å². The molecule has 0 aliphatic rings. The third kappa shape index (κ3) is 4.27. The Morgan fingerprint density at radius 2 is 1.71 bits per heavy atom. The zero-order chi connectivity index (χ0) is 12.5. The third-order valence-electron chi connectivity index (χ3n) is 2.17. The molecule has 2 rings (SSSR count). The van der Waals surface area contributed by atoms with Gasteiger partial charge in [0.2, 0.25) is 5.88 Å². The van der Waals surface area contributed by atoms with Crippen LogP contribution in [0.1, 0.15) is 26.3 Å². The Labute approximate surface area is 103 Å². The number of pyridine rings is 1. The van der Waals surface area contributed by atoms with Crippen molar-refractivity contribution in [2.75, 3.05) is 0 Å². The number of aromatic nitrogens is 1. The zero-order valence-corrected chi connectivity index (χ0v) is 10.7. The van der Waals surface area contributed by atoms with Crippen LogP contribution in [0.4, 0.5) is 0 Å². The molecule has 0 aliphatic heterocycles. The van der Waals surface area contributed by atoms with Crippen LogP contribution < -0.4 is 4.74 Å². The Bertz CT molecular complexity index is 409. The predicted molar refractivity (Wildman–Crippen MR) is 71.5 cm³/mol. The molecule has 2 nitrogen and oxygen atoms in total. The number of para-hydroxylation sites is 1. The number of hydrogen-bond acceptors (Lipinski definition) is 2. The molecule has 17 heavy (non-hydrogen) atoms. The van der Waals surface area contributed by atoms with Crippen LogP contribution in [-0.4, -0.2) is 4.98 Å². The lowest BCUT2D eigenvalue weighted by Gasteiger charge is -2.04. The molecule has 0 radical (unpaired) electrons. The van der Waals surface area contributed by atoms with Crippen LogP contribution in [0, 0.1) is 0 Å². The summed E-state index contributed by atoms with van der Waals surface area (Å²) in [6.07, 6.45) is 2.84. The van der Waals surface area contributed by atoms with E-state index < -0.39 is 0 Å². The van der Waals surface area contributed by atoms with E-state index in [0.29, 0.717) is 5.88 Å². The fourth-order valence-corrected chi connectivity index (χ4v) is 1.29. The number of rotatable bonds is 3. The molecule has 1 heterocycles. The highest BCUT2D eigenvalue weighted by Gasteiger charge is 1.97. The first kappa shape index (κ1) is 13.2. The van der Waals surface area contributed by atoms with E-state index in [0.717, 1.165) is 12.2 Å². The standard InChI is InChI=1S/C13H13NO.C2H6/c1-2-11-8-9-13(14-10-11)15-12-6-4-3-5-7-12;1-2/h3-10H,2H2,1H3;1-2H3. The van der Waals surface area contributed by atoms with Gasteiger partial charge in [-0.3, -0.25) is 0 Å². The summed E-state index contributed by atoms with van der Waals surface area (Å²) in [7, 11) is 0. The Balaban J connectivity index is 0.000000686. The summed E-state index contributed by atoms with van der Waals surface area (Å²) < 4.78 is 5.57. The maximum atomic E-state index is 5.57. The molecule has 1 aromatic heterocycles. The van der Waals surface area contributed by atoms with E-state index in [9.17, 15) is 0 Å². The second-order valence-electron chi connectivity index (χ2n) is 3.27. The normalized spacial score (nSPS) is 9.12.